The lowest BCUT2D eigenvalue weighted by Crippen LogP contribution is -2.19. The van der Waals surface area contributed by atoms with Gasteiger partial charge >= 0.3 is 0 Å². The second kappa shape index (κ2) is 5.23. The highest BCUT2D eigenvalue weighted by Gasteiger charge is 1.94. The smallest absolute Gasteiger partial charge is 0.254 e. The van der Waals surface area contributed by atoms with Crippen molar-refractivity contribution in [2.45, 2.75) is 6.42 Å². The van der Waals surface area contributed by atoms with Crippen LogP contribution >= 0.6 is 0 Å². The van der Waals surface area contributed by atoms with Crippen molar-refractivity contribution in [3.05, 3.63) is 0 Å². The van der Waals surface area contributed by atoms with Crippen LogP contribution < -0.4 is 5.43 Å². The fourth-order valence-electron chi connectivity index (χ4n) is 0.328. The van der Waals surface area contributed by atoms with Crippen molar-refractivity contribution in [3.8, 4) is 6.07 Å². The van der Waals surface area contributed by atoms with Crippen LogP contribution in [-0.4, -0.2) is 31.2 Å². The first kappa shape index (κ1) is 9.43. The van der Waals surface area contributed by atoms with Crippen molar-refractivity contribution in [2.75, 3.05) is 14.1 Å². The molecule has 0 aliphatic carbocycles. The molecule has 0 rings (SSSR count). The normalized spacial score (nSPS) is 9.18. The number of amides is 1. The average Bonchev–Trinajstić information content (AvgIpc) is 1.87. The summed E-state index contributed by atoms with van der Waals surface area (Å²) < 4.78 is 0. The third kappa shape index (κ3) is 6.31. The molecule has 60 valence electrons. The molecule has 11 heavy (non-hydrogen) atoms. The van der Waals surface area contributed by atoms with Crippen molar-refractivity contribution in [2.24, 2.45) is 5.10 Å². The number of nitrogens with zero attached hydrogens (tertiary/aromatic N) is 3. The summed E-state index contributed by atoms with van der Waals surface area (Å²) in [5.74, 6) is -0.398. The lowest BCUT2D eigenvalue weighted by molar-refractivity contribution is -0.120. The van der Waals surface area contributed by atoms with Gasteiger partial charge in [-0.2, -0.15) is 10.4 Å². The van der Waals surface area contributed by atoms with Gasteiger partial charge in [-0.15, -0.1) is 0 Å². The third-order valence-corrected chi connectivity index (χ3v) is 0.718. The second-order valence-electron chi connectivity index (χ2n) is 2.08. The van der Waals surface area contributed by atoms with Crippen molar-refractivity contribution in [1.29, 1.82) is 5.26 Å². The van der Waals surface area contributed by atoms with Gasteiger partial charge in [-0.1, -0.05) is 0 Å². The van der Waals surface area contributed by atoms with Gasteiger partial charge in [0.2, 0.25) is 0 Å². The summed E-state index contributed by atoms with van der Waals surface area (Å²) in [6.45, 7) is 0. The molecule has 0 aliphatic heterocycles. The van der Waals surface area contributed by atoms with Crippen LogP contribution in [0.2, 0.25) is 0 Å². The molecule has 1 amide bonds. The molecule has 0 fully saturated rings. The van der Waals surface area contributed by atoms with Crippen molar-refractivity contribution < 1.29 is 4.79 Å². The number of hydrogen-bond acceptors (Lipinski definition) is 3. The maximum atomic E-state index is 10.6. The molecule has 0 unspecified atom stereocenters. The number of nitriles is 1. The molecule has 0 aromatic rings. The van der Waals surface area contributed by atoms with Crippen LogP contribution in [-0.2, 0) is 4.79 Å². The Bertz CT molecular complexity index is 191. The van der Waals surface area contributed by atoms with E-state index in [1.165, 1.54) is 6.34 Å². The van der Waals surface area contributed by atoms with E-state index in [0.29, 0.717) is 0 Å². The van der Waals surface area contributed by atoms with Crippen LogP contribution in [0.5, 0.6) is 0 Å². The molecule has 0 aliphatic rings. The summed E-state index contributed by atoms with van der Waals surface area (Å²) in [6.07, 6.45) is 1.28. The van der Waals surface area contributed by atoms with Crippen LogP contribution in [0.15, 0.2) is 5.10 Å². The van der Waals surface area contributed by atoms with E-state index in [0.717, 1.165) is 0 Å². The van der Waals surface area contributed by atoms with Gasteiger partial charge in [0.05, 0.1) is 6.07 Å². The Morgan fingerprint density at radius 1 is 1.82 bits per heavy atom. The van der Waals surface area contributed by atoms with Gasteiger partial charge in [0.25, 0.3) is 5.91 Å². The van der Waals surface area contributed by atoms with E-state index in [2.05, 4.69) is 10.5 Å². The quantitative estimate of drug-likeness (QED) is 0.339. The lowest BCUT2D eigenvalue weighted by atomic mass is 10.5. The summed E-state index contributed by atoms with van der Waals surface area (Å²) in [4.78, 5) is 12.2. The minimum absolute atomic E-state index is 0.162. The van der Waals surface area contributed by atoms with E-state index >= 15 is 0 Å². The Morgan fingerprint density at radius 3 is 2.91 bits per heavy atom. The minimum atomic E-state index is -0.398. The summed E-state index contributed by atoms with van der Waals surface area (Å²) >= 11 is 0. The SMILES string of the molecule is CN(C)/C=N\NC(=O)CC#N. The van der Waals surface area contributed by atoms with E-state index < -0.39 is 5.91 Å². The Kier molecular flexibility index (Phi) is 4.49. The van der Waals surface area contributed by atoms with Crippen molar-refractivity contribution in [1.82, 2.24) is 10.3 Å². The average molecular weight is 154 g/mol. The Balaban J connectivity index is 3.55. The predicted molar refractivity (Wildman–Crippen MR) is 40.6 cm³/mol. The predicted octanol–water partition coefficient (Wildman–Crippen LogP) is -0.479. The molecule has 0 saturated carbocycles. The number of nitrogens with one attached hydrogen (secondary N) is 1. The maximum absolute atomic E-state index is 10.6. The van der Waals surface area contributed by atoms with E-state index in [9.17, 15) is 4.79 Å². The number of carbonyl (C=O) groups is 1. The van der Waals surface area contributed by atoms with Crippen LogP contribution in [0.25, 0.3) is 0 Å². The van der Waals surface area contributed by atoms with Gasteiger partial charge in [0.15, 0.2) is 0 Å². The van der Waals surface area contributed by atoms with E-state index in [-0.39, 0.29) is 6.42 Å². The fourth-order valence-corrected chi connectivity index (χ4v) is 0.328. The Morgan fingerprint density at radius 2 is 2.45 bits per heavy atom. The van der Waals surface area contributed by atoms with Gasteiger partial charge in [-0.25, -0.2) is 5.43 Å². The highest BCUT2D eigenvalue weighted by molar-refractivity contribution is 5.78. The molecule has 0 heterocycles. The molecule has 0 spiro atoms. The van der Waals surface area contributed by atoms with Crippen LogP contribution in [0, 0.1) is 11.3 Å². The third-order valence-electron chi connectivity index (χ3n) is 0.718. The number of rotatable bonds is 3. The van der Waals surface area contributed by atoms with Gasteiger partial charge in [0, 0.05) is 14.1 Å². The summed E-state index contributed by atoms with van der Waals surface area (Å²) in [5.41, 5.74) is 2.18. The minimum Gasteiger partial charge on any atom is -0.367 e. The molecule has 0 aromatic carbocycles. The fraction of sp³-hybridized carbons (Fsp3) is 0.500. The second-order valence-corrected chi connectivity index (χ2v) is 2.08. The first-order chi connectivity index (χ1) is 5.16. The molecule has 1 N–H and O–H groups in total. The molecule has 0 saturated heterocycles. The topological polar surface area (TPSA) is 68.5 Å². The van der Waals surface area contributed by atoms with Crippen LogP contribution in [0.1, 0.15) is 6.42 Å². The zero-order valence-electron chi connectivity index (χ0n) is 6.53. The number of hydrogen-bond donors (Lipinski definition) is 1. The van der Waals surface area contributed by atoms with Crippen LogP contribution in [0.3, 0.4) is 0 Å². The van der Waals surface area contributed by atoms with E-state index in [1.54, 1.807) is 25.1 Å². The zero-order valence-corrected chi connectivity index (χ0v) is 6.53. The largest absolute Gasteiger partial charge is 0.367 e. The molecule has 5 nitrogen and oxygen atoms in total. The van der Waals surface area contributed by atoms with Gasteiger partial charge in [-0.05, 0) is 0 Å². The highest BCUT2D eigenvalue weighted by Crippen LogP contribution is 1.74. The molecule has 0 bridgehead atoms. The summed E-state index contributed by atoms with van der Waals surface area (Å²) in [5, 5.41) is 11.6. The molecule has 5 heteroatoms. The number of hydrazone groups is 1. The first-order valence-corrected chi connectivity index (χ1v) is 3.02. The number of carbonyl (C=O) groups excluding carboxylic acids is 1. The molecule has 0 aromatic heterocycles. The standard InChI is InChI=1S/C6H10N4O/c1-10(2)5-8-9-6(11)3-4-7/h5H,3H2,1-2H3,(H,9,11)/b8-5-. The Hall–Kier alpha value is -1.57. The molecule has 0 atom stereocenters. The summed E-state index contributed by atoms with van der Waals surface area (Å²) in [7, 11) is 3.56. The molecular weight excluding hydrogens is 144 g/mol. The van der Waals surface area contributed by atoms with Gasteiger partial charge < -0.3 is 4.90 Å². The summed E-state index contributed by atoms with van der Waals surface area (Å²) in [6, 6.07) is 1.71. The Labute approximate surface area is 65.3 Å². The molecular formula is C6H10N4O. The van der Waals surface area contributed by atoms with Gasteiger partial charge in [-0.3, -0.25) is 4.79 Å². The van der Waals surface area contributed by atoms with Crippen molar-refractivity contribution in [3.63, 3.8) is 0 Å². The maximum Gasteiger partial charge on any atom is 0.254 e. The first-order valence-electron chi connectivity index (χ1n) is 3.02. The van der Waals surface area contributed by atoms with Gasteiger partial charge in [0.1, 0.15) is 12.8 Å². The van der Waals surface area contributed by atoms with Crippen LogP contribution in [0.4, 0.5) is 0 Å². The molecule has 0 radical (unpaired) electrons. The van der Waals surface area contributed by atoms with Crippen molar-refractivity contribution >= 4 is 12.2 Å². The monoisotopic (exact) mass is 154 g/mol. The van der Waals surface area contributed by atoms with E-state index in [1.807, 2.05) is 0 Å². The highest BCUT2D eigenvalue weighted by atomic mass is 16.2. The zero-order chi connectivity index (χ0) is 8.69. The lowest BCUT2D eigenvalue weighted by Gasteiger charge is -2.01. The van der Waals surface area contributed by atoms with E-state index in [4.69, 9.17) is 5.26 Å².